The minimum atomic E-state index is -3.77. The summed E-state index contributed by atoms with van der Waals surface area (Å²) in [5.74, 6) is -1.16. The largest absolute Gasteiger partial charge is 0.324 e. The highest BCUT2D eigenvalue weighted by atomic mass is 32.2. The minimum Gasteiger partial charge on any atom is -0.324 e. The number of rotatable bonds is 5. The van der Waals surface area contributed by atoms with Crippen LogP contribution in [0.3, 0.4) is 0 Å². The molecule has 112 valence electrons. The van der Waals surface area contributed by atoms with Crippen LogP contribution in [0.25, 0.3) is 0 Å². The maximum atomic E-state index is 13.5. The zero-order valence-corrected chi connectivity index (χ0v) is 12.8. The Balaban J connectivity index is 3.16. The van der Waals surface area contributed by atoms with Crippen LogP contribution in [-0.4, -0.2) is 19.9 Å². The molecule has 0 fully saturated rings. The fourth-order valence-corrected chi connectivity index (χ4v) is 2.96. The minimum absolute atomic E-state index is 0.0934. The van der Waals surface area contributed by atoms with Crippen LogP contribution in [0.2, 0.25) is 0 Å². The van der Waals surface area contributed by atoms with Crippen LogP contribution >= 0.6 is 0 Å². The lowest BCUT2D eigenvalue weighted by Crippen LogP contribution is -2.42. The van der Waals surface area contributed by atoms with Crippen LogP contribution in [0.5, 0.6) is 0 Å². The topological polar surface area (TPSA) is 75.3 Å². The monoisotopic (exact) mass is 302 g/mol. The number of sulfonamides is 1. The quantitative estimate of drug-likeness (QED) is 0.876. The third-order valence-corrected chi connectivity index (χ3v) is 4.55. The highest BCUT2D eigenvalue weighted by Gasteiger charge is 2.25. The van der Waals surface area contributed by atoms with Gasteiger partial charge in [-0.25, -0.2) is 17.5 Å². The molecule has 7 heteroatoms. The number of amides is 1. The highest BCUT2D eigenvalue weighted by molar-refractivity contribution is 7.89. The van der Waals surface area contributed by atoms with Crippen molar-refractivity contribution in [2.75, 3.05) is 5.32 Å². The van der Waals surface area contributed by atoms with Crippen molar-refractivity contribution in [2.24, 2.45) is 0 Å². The first-order valence-electron chi connectivity index (χ1n) is 6.18. The van der Waals surface area contributed by atoms with E-state index in [1.165, 1.54) is 6.92 Å². The van der Waals surface area contributed by atoms with Gasteiger partial charge in [0, 0.05) is 12.5 Å². The van der Waals surface area contributed by atoms with Crippen LogP contribution < -0.4 is 10.0 Å². The molecule has 2 N–H and O–H groups in total. The first-order chi connectivity index (χ1) is 9.07. The predicted octanol–water partition coefficient (Wildman–Crippen LogP) is 2.25. The lowest BCUT2D eigenvalue weighted by molar-refractivity contribution is -0.114. The van der Waals surface area contributed by atoms with Crippen molar-refractivity contribution in [1.82, 2.24) is 4.72 Å². The molecule has 0 saturated carbocycles. The van der Waals surface area contributed by atoms with Gasteiger partial charge in [-0.2, -0.15) is 0 Å². The molecule has 0 aliphatic rings. The molecule has 5 nitrogen and oxygen atoms in total. The summed E-state index contributed by atoms with van der Waals surface area (Å²) in [5.41, 5.74) is -0.767. The lowest BCUT2D eigenvalue weighted by atomic mass is 10.0. The molecule has 20 heavy (non-hydrogen) atoms. The van der Waals surface area contributed by atoms with Gasteiger partial charge in [0.15, 0.2) is 0 Å². The van der Waals surface area contributed by atoms with Crippen LogP contribution in [0.1, 0.15) is 34.1 Å². The average molecular weight is 302 g/mol. The summed E-state index contributed by atoms with van der Waals surface area (Å²) >= 11 is 0. The van der Waals surface area contributed by atoms with Crippen LogP contribution in [0.4, 0.5) is 10.1 Å². The summed E-state index contributed by atoms with van der Waals surface area (Å²) in [6, 6.07) is 3.28. The van der Waals surface area contributed by atoms with Gasteiger partial charge in [0.2, 0.25) is 15.9 Å². The van der Waals surface area contributed by atoms with E-state index in [0.717, 1.165) is 18.2 Å². The second-order valence-electron chi connectivity index (χ2n) is 5.17. The van der Waals surface area contributed by atoms with E-state index in [1.54, 1.807) is 13.8 Å². The molecule has 0 aliphatic heterocycles. The molecule has 1 aromatic rings. The molecular weight excluding hydrogens is 283 g/mol. The van der Waals surface area contributed by atoms with Crippen LogP contribution in [0.15, 0.2) is 23.1 Å². The first-order valence-corrected chi connectivity index (χ1v) is 7.67. The highest BCUT2D eigenvalue weighted by Crippen LogP contribution is 2.21. The predicted molar refractivity (Wildman–Crippen MR) is 75.4 cm³/mol. The number of carbonyl (C=O) groups is 1. The number of anilines is 1. The van der Waals surface area contributed by atoms with Crippen molar-refractivity contribution >= 4 is 21.6 Å². The summed E-state index contributed by atoms with van der Waals surface area (Å²) in [4.78, 5) is 10.9. The molecule has 1 rings (SSSR count). The molecule has 0 spiro atoms. The molecule has 1 aromatic carbocycles. The number of halogens is 1. The second-order valence-corrected chi connectivity index (χ2v) is 6.85. The number of benzene rings is 1. The van der Waals surface area contributed by atoms with Gasteiger partial charge in [-0.15, -0.1) is 0 Å². The van der Waals surface area contributed by atoms with Gasteiger partial charge < -0.3 is 5.32 Å². The normalized spacial score (nSPS) is 12.2. The Hall–Kier alpha value is -1.47. The number of hydrogen-bond donors (Lipinski definition) is 2. The third kappa shape index (κ3) is 4.28. The average Bonchev–Trinajstić information content (AvgIpc) is 2.30. The Labute approximate surface area is 118 Å². The Kier molecular flexibility index (Phi) is 4.88. The molecule has 0 heterocycles. The first kappa shape index (κ1) is 16.6. The van der Waals surface area contributed by atoms with Gasteiger partial charge in [0.1, 0.15) is 5.82 Å². The maximum Gasteiger partial charge on any atom is 0.241 e. The number of hydrogen-bond acceptors (Lipinski definition) is 3. The van der Waals surface area contributed by atoms with Gasteiger partial charge >= 0.3 is 0 Å². The van der Waals surface area contributed by atoms with Gasteiger partial charge in [-0.05, 0) is 38.5 Å². The Morgan fingerprint density at radius 1 is 1.35 bits per heavy atom. The Morgan fingerprint density at radius 3 is 2.45 bits per heavy atom. The van der Waals surface area contributed by atoms with E-state index in [1.807, 2.05) is 6.92 Å². The summed E-state index contributed by atoms with van der Waals surface area (Å²) < 4.78 is 40.4. The fraction of sp³-hybridized carbons (Fsp3) is 0.462. The molecule has 1 amide bonds. The Bertz CT molecular complexity index is 612. The van der Waals surface area contributed by atoms with E-state index in [-0.39, 0.29) is 10.6 Å². The maximum absolute atomic E-state index is 13.5. The van der Waals surface area contributed by atoms with E-state index in [0.29, 0.717) is 6.42 Å². The molecule has 0 aromatic heterocycles. The van der Waals surface area contributed by atoms with E-state index in [9.17, 15) is 17.6 Å². The van der Waals surface area contributed by atoms with Gasteiger partial charge in [0.25, 0.3) is 0 Å². The second kappa shape index (κ2) is 5.88. The molecule has 0 bridgehead atoms. The van der Waals surface area contributed by atoms with Crippen molar-refractivity contribution in [2.45, 2.75) is 44.6 Å². The molecule has 0 aliphatic carbocycles. The molecule has 0 atom stereocenters. The number of carbonyl (C=O) groups excluding carboxylic acids is 1. The van der Waals surface area contributed by atoms with Crippen LogP contribution in [0, 0.1) is 5.82 Å². The van der Waals surface area contributed by atoms with E-state index in [2.05, 4.69) is 10.0 Å². The lowest BCUT2D eigenvalue weighted by Gasteiger charge is -2.24. The van der Waals surface area contributed by atoms with Crippen LogP contribution in [-0.2, 0) is 14.8 Å². The Morgan fingerprint density at radius 2 is 1.95 bits per heavy atom. The fourth-order valence-electron chi connectivity index (χ4n) is 1.45. The third-order valence-electron chi connectivity index (χ3n) is 2.85. The van der Waals surface area contributed by atoms with Crippen molar-refractivity contribution in [3.63, 3.8) is 0 Å². The molecule has 0 saturated heterocycles. The van der Waals surface area contributed by atoms with Crippen molar-refractivity contribution in [1.29, 1.82) is 0 Å². The van der Waals surface area contributed by atoms with Gasteiger partial charge in [-0.3, -0.25) is 4.79 Å². The summed E-state index contributed by atoms with van der Waals surface area (Å²) in [6.45, 7) is 6.58. The summed E-state index contributed by atoms with van der Waals surface area (Å²) in [6.07, 6.45) is 0.603. The van der Waals surface area contributed by atoms with Crippen molar-refractivity contribution in [3.8, 4) is 0 Å². The van der Waals surface area contributed by atoms with Crippen molar-refractivity contribution in [3.05, 3.63) is 24.0 Å². The standard InChI is InChI=1S/C13H19FN2O3S/c1-5-13(3,4)16-20(18,19)10-6-7-11(14)12(8-10)15-9(2)17/h6-8,16H,5H2,1-4H3,(H,15,17). The molecule has 0 radical (unpaired) electrons. The smallest absolute Gasteiger partial charge is 0.241 e. The van der Waals surface area contributed by atoms with E-state index in [4.69, 9.17) is 0 Å². The molecule has 0 unspecified atom stereocenters. The van der Waals surface area contributed by atoms with Crippen molar-refractivity contribution < 1.29 is 17.6 Å². The van der Waals surface area contributed by atoms with Gasteiger partial charge in [-0.1, -0.05) is 6.92 Å². The van der Waals surface area contributed by atoms with Gasteiger partial charge in [0.05, 0.1) is 10.6 Å². The number of nitrogens with one attached hydrogen (secondary N) is 2. The molecular formula is C13H19FN2O3S. The van der Waals surface area contributed by atoms with E-state index < -0.39 is 27.3 Å². The zero-order chi connectivity index (χ0) is 15.6. The van der Waals surface area contributed by atoms with E-state index >= 15 is 0 Å². The summed E-state index contributed by atoms with van der Waals surface area (Å²) in [7, 11) is -3.77. The zero-order valence-electron chi connectivity index (χ0n) is 12.0. The summed E-state index contributed by atoms with van der Waals surface area (Å²) in [5, 5.41) is 2.26. The SMILES string of the molecule is CCC(C)(C)NS(=O)(=O)c1ccc(F)c(NC(C)=O)c1.